The van der Waals surface area contributed by atoms with Gasteiger partial charge in [-0.25, -0.2) is 9.55 Å². The molecule has 22 heavy (non-hydrogen) atoms. The molecule has 0 spiro atoms. The minimum absolute atomic E-state index is 0.836. The van der Waals surface area contributed by atoms with E-state index in [1.54, 1.807) is 0 Å². The molecule has 0 saturated carbocycles. The largest absolute Gasteiger partial charge is 0.454 e. The molecule has 0 bridgehead atoms. The summed E-state index contributed by atoms with van der Waals surface area (Å²) < 4.78 is 8.09. The van der Waals surface area contributed by atoms with Gasteiger partial charge >= 0.3 is 0 Å². The lowest BCUT2D eigenvalue weighted by atomic mass is 10.1. The first kappa shape index (κ1) is 13.0. The molecule has 4 aromatic rings. The Bertz CT molecular complexity index is 1010. The SMILES string of the molecule is Cc1ccc(-c2cc3oc4ccccc4c3nc2C)[n+](C)c1. The van der Waals surface area contributed by atoms with Crippen LogP contribution in [0.3, 0.4) is 0 Å². The van der Waals surface area contributed by atoms with Crippen LogP contribution in [0.2, 0.25) is 0 Å². The zero-order valence-electron chi connectivity index (χ0n) is 12.9. The van der Waals surface area contributed by atoms with Crippen molar-refractivity contribution in [1.29, 1.82) is 0 Å². The summed E-state index contributed by atoms with van der Waals surface area (Å²) in [6, 6.07) is 14.4. The van der Waals surface area contributed by atoms with Crippen molar-refractivity contribution in [3.8, 4) is 11.3 Å². The molecule has 0 aliphatic heterocycles. The number of benzene rings is 1. The van der Waals surface area contributed by atoms with Crippen molar-refractivity contribution in [3.05, 3.63) is 59.9 Å². The number of pyridine rings is 2. The van der Waals surface area contributed by atoms with E-state index in [9.17, 15) is 0 Å². The van der Waals surface area contributed by atoms with E-state index >= 15 is 0 Å². The molecule has 0 amide bonds. The Morgan fingerprint density at radius 1 is 1.00 bits per heavy atom. The molecule has 0 atom stereocenters. The maximum atomic E-state index is 5.96. The minimum atomic E-state index is 0.836. The molecule has 3 heteroatoms. The van der Waals surface area contributed by atoms with Crippen molar-refractivity contribution in [1.82, 2.24) is 4.98 Å². The summed E-state index contributed by atoms with van der Waals surface area (Å²) in [5.41, 5.74) is 7.15. The highest BCUT2D eigenvalue weighted by Gasteiger charge is 2.17. The zero-order chi connectivity index (χ0) is 15.3. The van der Waals surface area contributed by atoms with Gasteiger partial charge in [-0.3, -0.25) is 0 Å². The smallest absolute Gasteiger partial charge is 0.214 e. The number of aryl methyl sites for hydroxylation is 3. The van der Waals surface area contributed by atoms with E-state index in [4.69, 9.17) is 9.40 Å². The second-order valence-corrected chi connectivity index (χ2v) is 5.77. The van der Waals surface area contributed by atoms with E-state index < -0.39 is 0 Å². The van der Waals surface area contributed by atoms with Gasteiger partial charge < -0.3 is 4.42 Å². The summed E-state index contributed by atoms with van der Waals surface area (Å²) in [4.78, 5) is 4.80. The molecule has 3 heterocycles. The van der Waals surface area contributed by atoms with E-state index in [2.05, 4.69) is 55.9 Å². The average Bonchev–Trinajstić information content (AvgIpc) is 2.85. The maximum absolute atomic E-state index is 5.96. The third kappa shape index (κ3) is 1.90. The Labute approximate surface area is 128 Å². The normalized spacial score (nSPS) is 11.4. The first-order chi connectivity index (χ1) is 10.6. The number of hydrogen-bond acceptors (Lipinski definition) is 2. The van der Waals surface area contributed by atoms with Crippen LogP contribution < -0.4 is 4.57 Å². The van der Waals surface area contributed by atoms with Crippen LogP contribution in [0.1, 0.15) is 11.3 Å². The van der Waals surface area contributed by atoms with E-state index in [0.717, 1.165) is 39.0 Å². The summed E-state index contributed by atoms with van der Waals surface area (Å²) in [6.07, 6.45) is 2.12. The number of para-hydroxylation sites is 1. The fourth-order valence-electron chi connectivity index (χ4n) is 3.01. The Hall–Kier alpha value is -2.68. The van der Waals surface area contributed by atoms with Crippen molar-refractivity contribution in [2.24, 2.45) is 7.05 Å². The quantitative estimate of drug-likeness (QED) is 0.494. The third-order valence-corrected chi connectivity index (χ3v) is 4.10. The Kier molecular flexibility index (Phi) is 2.76. The van der Waals surface area contributed by atoms with Crippen LogP contribution in [0, 0.1) is 13.8 Å². The van der Waals surface area contributed by atoms with Crippen LogP contribution in [0.5, 0.6) is 0 Å². The fraction of sp³-hybridized carbons (Fsp3) is 0.158. The number of rotatable bonds is 1. The molecule has 4 rings (SSSR count). The van der Waals surface area contributed by atoms with Gasteiger partial charge in [-0.05, 0) is 38.1 Å². The Balaban J connectivity index is 2.02. The molecule has 3 aromatic heterocycles. The fourth-order valence-corrected chi connectivity index (χ4v) is 3.01. The van der Waals surface area contributed by atoms with Crippen LogP contribution in [0.25, 0.3) is 33.3 Å². The highest BCUT2D eigenvalue weighted by molar-refractivity contribution is 6.03. The van der Waals surface area contributed by atoms with Gasteiger partial charge in [-0.15, -0.1) is 0 Å². The van der Waals surface area contributed by atoms with E-state index in [0.29, 0.717) is 0 Å². The number of hydrogen-bond donors (Lipinski definition) is 0. The van der Waals surface area contributed by atoms with Crippen molar-refractivity contribution in [3.63, 3.8) is 0 Å². The topological polar surface area (TPSA) is 29.9 Å². The van der Waals surface area contributed by atoms with Gasteiger partial charge in [0.15, 0.2) is 11.8 Å². The van der Waals surface area contributed by atoms with Gasteiger partial charge in [0.25, 0.3) is 0 Å². The highest BCUT2D eigenvalue weighted by Crippen LogP contribution is 2.31. The van der Waals surface area contributed by atoms with Crippen LogP contribution in [-0.2, 0) is 7.05 Å². The lowest BCUT2D eigenvalue weighted by Gasteiger charge is -2.04. The molecule has 1 aromatic carbocycles. The summed E-state index contributed by atoms with van der Waals surface area (Å²) >= 11 is 0. The summed E-state index contributed by atoms with van der Waals surface area (Å²) in [5.74, 6) is 0. The Morgan fingerprint density at radius 2 is 1.82 bits per heavy atom. The van der Waals surface area contributed by atoms with E-state index in [1.807, 2.05) is 18.2 Å². The standard InChI is InChI=1S/C19H17N2O/c1-12-8-9-16(21(3)11-12)15-10-18-19(20-13(15)2)14-6-4-5-7-17(14)22-18/h4-11H,1-3H3/q+1. The maximum Gasteiger partial charge on any atom is 0.214 e. The minimum Gasteiger partial charge on any atom is -0.454 e. The summed E-state index contributed by atoms with van der Waals surface area (Å²) in [5, 5.41) is 1.07. The van der Waals surface area contributed by atoms with Crippen molar-refractivity contribution in [2.75, 3.05) is 0 Å². The van der Waals surface area contributed by atoms with Crippen LogP contribution in [-0.4, -0.2) is 4.98 Å². The van der Waals surface area contributed by atoms with Gasteiger partial charge in [-0.2, -0.15) is 0 Å². The van der Waals surface area contributed by atoms with Crippen molar-refractivity contribution < 1.29 is 8.98 Å². The predicted molar refractivity (Wildman–Crippen MR) is 87.6 cm³/mol. The van der Waals surface area contributed by atoms with E-state index in [1.165, 1.54) is 5.56 Å². The first-order valence-electron chi connectivity index (χ1n) is 7.39. The molecule has 0 aliphatic carbocycles. The molecular formula is C19H17N2O+. The van der Waals surface area contributed by atoms with Gasteiger partial charge in [0.05, 0.1) is 11.3 Å². The molecule has 0 aliphatic rings. The molecule has 0 N–H and O–H groups in total. The number of nitrogens with zero attached hydrogens (tertiary/aromatic N) is 2. The number of furan rings is 1. The second kappa shape index (κ2) is 4.67. The molecular weight excluding hydrogens is 272 g/mol. The van der Waals surface area contributed by atoms with Gasteiger partial charge in [0, 0.05) is 17.0 Å². The number of aromatic nitrogens is 2. The predicted octanol–water partition coefficient (Wildman–Crippen LogP) is 4.09. The van der Waals surface area contributed by atoms with Crippen molar-refractivity contribution in [2.45, 2.75) is 13.8 Å². The zero-order valence-corrected chi connectivity index (χ0v) is 12.9. The molecule has 3 nitrogen and oxygen atoms in total. The summed E-state index contributed by atoms with van der Waals surface area (Å²) in [6.45, 7) is 4.15. The van der Waals surface area contributed by atoms with Crippen molar-refractivity contribution >= 4 is 22.1 Å². The first-order valence-corrected chi connectivity index (χ1v) is 7.39. The molecule has 108 valence electrons. The monoisotopic (exact) mass is 289 g/mol. The highest BCUT2D eigenvalue weighted by atomic mass is 16.3. The molecule has 0 fully saturated rings. The van der Waals surface area contributed by atoms with Gasteiger partial charge in [-0.1, -0.05) is 12.1 Å². The lowest BCUT2D eigenvalue weighted by Crippen LogP contribution is -2.31. The van der Waals surface area contributed by atoms with Gasteiger partial charge in [0.2, 0.25) is 5.69 Å². The van der Waals surface area contributed by atoms with E-state index in [-0.39, 0.29) is 0 Å². The average molecular weight is 289 g/mol. The molecule has 0 radical (unpaired) electrons. The summed E-state index contributed by atoms with van der Waals surface area (Å²) in [7, 11) is 2.06. The van der Waals surface area contributed by atoms with Gasteiger partial charge in [0.1, 0.15) is 18.1 Å². The molecule has 0 saturated heterocycles. The van der Waals surface area contributed by atoms with Crippen LogP contribution in [0.15, 0.2) is 53.1 Å². The third-order valence-electron chi connectivity index (χ3n) is 4.10. The lowest BCUT2D eigenvalue weighted by molar-refractivity contribution is -0.660. The number of fused-ring (bicyclic) bond motifs is 3. The molecule has 0 unspecified atom stereocenters. The second-order valence-electron chi connectivity index (χ2n) is 5.77. The van der Waals surface area contributed by atoms with Crippen LogP contribution in [0.4, 0.5) is 0 Å². The van der Waals surface area contributed by atoms with Crippen LogP contribution >= 0.6 is 0 Å². The Morgan fingerprint density at radius 3 is 2.64 bits per heavy atom.